The van der Waals surface area contributed by atoms with E-state index in [0.717, 1.165) is 0 Å². The monoisotopic (exact) mass is 241 g/mol. The Hall–Kier alpha value is -1.99. The molecule has 0 radical (unpaired) electrons. The van der Waals surface area contributed by atoms with Crippen LogP contribution in [0.3, 0.4) is 0 Å². The van der Waals surface area contributed by atoms with Crippen molar-refractivity contribution >= 4 is 11.9 Å². The molecule has 8 heteroatoms. The summed E-state index contributed by atoms with van der Waals surface area (Å²) in [5.41, 5.74) is 0. The minimum atomic E-state index is -0.311. The van der Waals surface area contributed by atoms with E-state index >= 15 is 0 Å². The first kappa shape index (κ1) is 13.1. The zero-order valence-electron chi connectivity index (χ0n) is 9.87. The van der Waals surface area contributed by atoms with Crippen molar-refractivity contribution in [2.45, 2.75) is 19.9 Å². The van der Waals surface area contributed by atoms with Crippen LogP contribution in [0.25, 0.3) is 0 Å². The Bertz CT molecular complexity index is 365. The van der Waals surface area contributed by atoms with E-state index in [0.29, 0.717) is 13.2 Å². The topological polar surface area (TPSA) is 90.2 Å². The van der Waals surface area contributed by atoms with Gasteiger partial charge in [-0.2, -0.15) is 0 Å². The number of carbonyl (C=O) groups excluding carboxylic acids is 2. The van der Waals surface area contributed by atoms with Gasteiger partial charge >= 0.3 is 5.97 Å². The zero-order chi connectivity index (χ0) is 12.7. The smallest absolute Gasteiger partial charge is 0.307 e. The first-order valence-electron chi connectivity index (χ1n) is 5.23. The number of hydrogen-bond donors (Lipinski definition) is 0. The molecule has 1 aromatic rings. The Morgan fingerprint density at radius 2 is 2.24 bits per heavy atom. The molecule has 0 bridgehead atoms. The minimum Gasteiger partial charge on any atom is -0.466 e. The number of amides is 1. The summed E-state index contributed by atoms with van der Waals surface area (Å²) in [4.78, 5) is 24.2. The lowest BCUT2D eigenvalue weighted by molar-refractivity contribution is -0.143. The van der Waals surface area contributed by atoms with Crippen LogP contribution in [0, 0.1) is 0 Å². The summed E-state index contributed by atoms with van der Waals surface area (Å²) in [5.74, 6) is -0.476. The molecule has 0 aliphatic heterocycles. The fraction of sp³-hybridized carbons (Fsp3) is 0.667. The highest BCUT2D eigenvalue weighted by molar-refractivity contribution is 5.76. The lowest BCUT2D eigenvalue weighted by Crippen LogP contribution is -2.32. The molecule has 0 N–H and O–H groups in total. The van der Waals surface area contributed by atoms with Crippen LogP contribution in [0.1, 0.15) is 13.3 Å². The van der Waals surface area contributed by atoms with Crippen molar-refractivity contribution < 1.29 is 14.3 Å². The number of rotatable bonds is 6. The van der Waals surface area contributed by atoms with Crippen LogP contribution in [0.15, 0.2) is 6.33 Å². The van der Waals surface area contributed by atoms with E-state index < -0.39 is 0 Å². The predicted octanol–water partition coefficient (Wildman–Crippen LogP) is -0.915. The van der Waals surface area contributed by atoms with Crippen molar-refractivity contribution in [3.05, 3.63) is 6.33 Å². The van der Waals surface area contributed by atoms with Crippen LogP contribution in [0.5, 0.6) is 0 Å². The highest BCUT2D eigenvalue weighted by Gasteiger charge is 2.12. The van der Waals surface area contributed by atoms with Crippen LogP contribution in [-0.4, -0.2) is 57.2 Å². The van der Waals surface area contributed by atoms with Crippen molar-refractivity contribution in [2.75, 3.05) is 20.2 Å². The van der Waals surface area contributed by atoms with Crippen LogP contribution in [-0.2, 0) is 20.9 Å². The SMILES string of the molecule is CCOC(=O)CCN(C)C(=O)Cn1cnnn1. The van der Waals surface area contributed by atoms with Crippen LogP contribution in [0.2, 0.25) is 0 Å². The van der Waals surface area contributed by atoms with Gasteiger partial charge in [0.2, 0.25) is 5.91 Å². The summed E-state index contributed by atoms with van der Waals surface area (Å²) < 4.78 is 6.09. The molecule has 1 aromatic heterocycles. The Morgan fingerprint density at radius 1 is 1.47 bits per heavy atom. The number of nitrogens with zero attached hydrogens (tertiary/aromatic N) is 5. The number of tetrazole rings is 1. The molecule has 1 heterocycles. The molecule has 17 heavy (non-hydrogen) atoms. The van der Waals surface area contributed by atoms with Crippen molar-refractivity contribution in [3.8, 4) is 0 Å². The first-order chi connectivity index (χ1) is 8.13. The Morgan fingerprint density at radius 3 is 2.82 bits per heavy atom. The molecule has 0 fully saturated rings. The lowest BCUT2D eigenvalue weighted by Gasteiger charge is -2.16. The molecule has 0 aliphatic carbocycles. The van der Waals surface area contributed by atoms with Gasteiger partial charge in [0.25, 0.3) is 0 Å². The molecular weight excluding hydrogens is 226 g/mol. The van der Waals surface area contributed by atoms with Gasteiger partial charge in [0, 0.05) is 13.6 Å². The van der Waals surface area contributed by atoms with E-state index in [-0.39, 0.29) is 24.8 Å². The first-order valence-corrected chi connectivity index (χ1v) is 5.23. The second-order valence-electron chi connectivity index (χ2n) is 3.38. The second kappa shape index (κ2) is 6.56. The molecule has 0 atom stereocenters. The lowest BCUT2D eigenvalue weighted by atomic mass is 10.4. The molecule has 8 nitrogen and oxygen atoms in total. The average molecular weight is 241 g/mol. The van der Waals surface area contributed by atoms with Crippen molar-refractivity contribution in [3.63, 3.8) is 0 Å². The maximum absolute atomic E-state index is 11.6. The van der Waals surface area contributed by atoms with Crippen LogP contribution < -0.4 is 0 Å². The van der Waals surface area contributed by atoms with Gasteiger partial charge < -0.3 is 9.64 Å². The standard InChI is InChI=1S/C9H15N5O3/c1-3-17-9(16)4-5-13(2)8(15)6-14-7-10-11-12-14/h7H,3-6H2,1-2H3. The summed E-state index contributed by atoms with van der Waals surface area (Å²) in [6, 6.07) is 0. The fourth-order valence-corrected chi connectivity index (χ4v) is 1.13. The summed E-state index contributed by atoms with van der Waals surface area (Å²) in [6.45, 7) is 2.47. The minimum absolute atomic E-state index is 0.0618. The van der Waals surface area contributed by atoms with Gasteiger partial charge in [-0.3, -0.25) is 9.59 Å². The van der Waals surface area contributed by atoms with Crippen LogP contribution in [0.4, 0.5) is 0 Å². The number of likely N-dealkylation sites (N-methyl/N-ethyl adjacent to an activating group) is 1. The van der Waals surface area contributed by atoms with Gasteiger partial charge in [-0.05, 0) is 17.4 Å². The summed E-state index contributed by atoms with van der Waals surface area (Å²) in [7, 11) is 1.62. The second-order valence-corrected chi connectivity index (χ2v) is 3.38. The molecule has 0 saturated carbocycles. The molecule has 1 amide bonds. The molecule has 0 aliphatic rings. The third-order valence-electron chi connectivity index (χ3n) is 2.07. The molecule has 0 saturated heterocycles. The molecular formula is C9H15N5O3. The number of carbonyl (C=O) groups is 2. The molecule has 1 rings (SSSR count). The van der Waals surface area contributed by atoms with Crippen molar-refractivity contribution in [1.29, 1.82) is 0 Å². The Balaban J connectivity index is 2.29. The number of ether oxygens (including phenoxy) is 1. The van der Waals surface area contributed by atoms with Gasteiger partial charge in [0.05, 0.1) is 13.0 Å². The van der Waals surface area contributed by atoms with Gasteiger partial charge in [-0.15, -0.1) is 5.10 Å². The van der Waals surface area contributed by atoms with Gasteiger partial charge in [-0.1, -0.05) is 0 Å². The zero-order valence-corrected chi connectivity index (χ0v) is 9.87. The van der Waals surface area contributed by atoms with Crippen molar-refractivity contribution in [1.82, 2.24) is 25.1 Å². The fourth-order valence-electron chi connectivity index (χ4n) is 1.13. The van der Waals surface area contributed by atoms with Crippen molar-refractivity contribution in [2.24, 2.45) is 0 Å². The normalized spacial score (nSPS) is 10.0. The number of aromatic nitrogens is 4. The van der Waals surface area contributed by atoms with E-state index in [1.165, 1.54) is 15.9 Å². The number of esters is 1. The third kappa shape index (κ3) is 4.58. The third-order valence-corrected chi connectivity index (χ3v) is 2.07. The largest absolute Gasteiger partial charge is 0.466 e. The number of hydrogen-bond acceptors (Lipinski definition) is 6. The predicted molar refractivity (Wildman–Crippen MR) is 56.7 cm³/mol. The highest BCUT2D eigenvalue weighted by atomic mass is 16.5. The van der Waals surface area contributed by atoms with Gasteiger partial charge in [-0.25, -0.2) is 4.68 Å². The molecule has 94 valence electrons. The van der Waals surface area contributed by atoms with E-state index in [1.54, 1.807) is 14.0 Å². The summed E-state index contributed by atoms with van der Waals surface area (Å²) >= 11 is 0. The molecule has 0 aromatic carbocycles. The molecule has 0 spiro atoms. The Labute approximate surface area is 98.5 Å². The van der Waals surface area contributed by atoms with Gasteiger partial charge in [0.1, 0.15) is 12.9 Å². The maximum atomic E-state index is 11.6. The quantitative estimate of drug-likeness (QED) is 0.598. The highest BCUT2D eigenvalue weighted by Crippen LogP contribution is 1.94. The average Bonchev–Trinajstić information content (AvgIpc) is 2.79. The van der Waals surface area contributed by atoms with E-state index in [4.69, 9.17) is 4.74 Å². The summed E-state index contributed by atoms with van der Waals surface area (Å²) in [5, 5.41) is 10.4. The van der Waals surface area contributed by atoms with E-state index in [9.17, 15) is 9.59 Å². The maximum Gasteiger partial charge on any atom is 0.307 e. The Kier molecular flexibility index (Phi) is 5.05. The van der Waals surface area contributed by atoms with E-state index in [2.05, 4.69) is 15.5 Å². The van der Waals surface area contributed by atoms with E-state index in [1.807, 2.05) is 0 Å². The van der Waals surface area contributed by atoms with Crippen LogP contribution >= 0.6 is 0 Å². The molecule has 0 unspecified atom stereocenters. The van der Waals surface area contributed by atoms with Gasteiger partial charge in [0.15, 0.2) is 0 Å². The summed E-state index contributed by atoms with van der Waals surface area (Å²) in [6.07, 6.45) is 1.54.